The van der Waals surface area contributed by atoms with Gasteiger partial charge in [0.2, 0.25) is 0 Å². The molecule has 0 N–H and O–H groups in total. The second-order valence-corrected chi connectivity index (χ2v) is 4.11. The maximum Gasteiger partial charge on any atom is 0.460 e. The van der Waals surface area contributed by atoms with Gasteiger partial charge in [0.1, 0.15) is 23.0 Å². The second-order valence-electron chi connectivity index (χ2n) is 3.49. The van der Waals surface area contributed by atoms with E-state index in [2.05, 4.69) is 3.07 Å². The zero-order valence-corrected chi connectivity index (χ0v) is 11.0. The van der Waals surface area contributed by atoms with Gasteiger partial charge in [0, 0.05) is 6.42 Å². The highest BCUT2D eigenvalue weighted by molar-refractivity contribution is 14.1. The highest BCUT2D eigenvalue weighted by atomic mass is 127. The van der Waals surface area contributed by atoms with Crippen LogP contribution in [0.2, 0.25) is 0 Å². The second kappa shape index (κ2) is 5.61. The Morgan fingerprint density at radius 1 is 0.650 bits per heavy atom. The summed E-state index contributed by atoms with van der Waals surface area (Å²) in [6.07, 6.45) is -9.30. The molecule has 0 aromatic heterocycles. The normalized spacial score (nSPS) is 15.6. The molecule has 0 heterocycles. The SMILES string of the molecule is FC(F)(F)C(F)(F)C(F)(F)C(F)(F)C(F)(F)CCOI. The number of alkyl halides is 11. The van der Waals surface area contributed by atoms with Crippen LogP contribution in [0.1, 0.15) is 6.42 Å². The van der Waals surface area contributed by atoms with E-state index in [-0.39, 0.29) is 0 Å². The van der Waals surface area contributed by atoms with Crippen LogP contribution in [-0.2, 0) is 3.07 Å². The molecule has 0 saturated heterocycles. The van der Waals surface area contributed by atoms with E-state index in [4.69, 9.17) is 0 Å². The lowest BCUT2D eigenvalue weighted by atomic mass is 9.96. The van der Waals surface area contributed by atoms with Crippen molar-refractivity contribution in [3.8, 4) is 0 Å². The standard InChI is InChI=1S/C7H4F11IO/c8-3(9,1-2-20-19)4(10,11)5(12,13)6(14,15)7(16,17)18/h1-2H2. The van der Waals surface area contributed by atoms with E-state index in [1.54, 1.807) is 0 Å². The summed E-state index contributed by atoms with van der Waals surface area (Å²) in [4.78, 5) is 0. The molecule has 0 atom stereocenters. The Morgan fingerprint density at radius 2 is 1.05 bits per heavy atom. The predicted molar refractivity (Wildman–Crippen MR) is 50.4 cm³/mol. The van der Waals surface area contributed by atoms with Crippen LogP contribution in [0.4, 0.5) is 48.3 Å². The van der Waals surface area contributed by atoms with Gasteiger partial charge in [-0.25, -0.2) is 0 Å². The van der Waals surface area contributed by atoms with Crippen molar-refractivity contribution in [2.24, 2.45) is 0 Å². The van der Waals surface area contributed by atoms with Gasteiger partial charge in [0.15, 0.2) is 0 Å². The fourth-order valence-electron chi connectivity index (χ4n) is 0.929. The molecule has 20 heavy (non-hydrogen) atoms. The van der Waals surface area contributed by atoms with Crippen LogP contribution in [0.25, 0.3) is 0 Å². The third kappa shape index (κ3) is 3.06. The third-order valence-corrected chi connectivity index (χ3v) is 2.54. The third-order valence-electron chi connectivity index (χ3n) is 2.10. The van der Waals surface area contributed by atoms with Crippen LogP contribution >= 0.6 is 23.0 Å². The van der Waals surface area contributed by atoms with Crippen molar-refractivity contribution in [2.75, 3.05) is 6.61 Å². The average molecular weight is 440 g/mol. The van der Waals surface area contributed by atoms with E-state index in [0.717, 1.165) is 23.0 Å². The van der Waals surface area contributed by atoms with Gasteiger partial charge in [-0.2, -0.15) is 48.3 Å². The Morgan fingerprint density at radius 3 is 1.35 bits per heavy atom. The van der Waals surface area contributed by atoms with Gasteiger partial charge >= 0.3 is 29.9 Å². The van der Waals surface area contributed by atoms with Crippen molar-refractivity contribution in [3.63, 3.8) is 0 Å². The molecule has 0 aromatic rings. The number of hydrogen-bond acceptors (Lipinski definition) is 1. The molecule has 13 heteroatoms. The van der Waals surface area contributed by atoms with E-state index in [1.165, 1.54) is 0 Å². The largest absolute Gasteiger partial charge is 0.460 e. The van der Waals surface area contributed by atoms with Crippen molar-refractivity contribution >= 4 is 23.0 Å². The molecule has 0 aliphatic heterocycles. The first-order valence-corrected chi connectivity index (χ1v) is 5.26. The maximum atomic E-state index is 12.8. The first-order valence-electron chi connectivity index (χ1n) is 4.38. The van der Waals surface area contributed by atoms with Crippen molar-refractivity contribution < 1.29 is 51.4 Å². The minimum absolute atomic E-state index is 0.912. The van der Waals surface area contributed by atoms with E-state index in [1.807, 2.05) is 0 Å². The molecule has 0 bridgehead atoms. The van der Waals surface area contributed by atoms with E-state index in [9.17, 15) is 48.3 Å². The van der Waals surface area contributed by atoms with E-state index >= 15 is 0 Å². The van der Waals surface area contributed by atoms with Gasteiger partial charge in [0.05, 0.1) is 6.61 Å². The summed E-state index contributed by atoms with van der Waals surface area (Å²) in [6, 6.07) is 0. The van der Waals surface area contributed by atoms with Crippen LogP contribution in [0.5, 0.6) is 0 Å². The van der Waals surface area contributed by atoms with Crippen molar-refractivity contribution in [3.05, 3.63) is 0 Å². The molecule has 0 unspecified atom stereocenters. The summed E-state index contributed by atoms with van der Waals surface area (Å²) >= 11 is 0.912. The highest BCUT2D eigenvalue weighted by Crippen LogP contribution is 2.57. The molecule has 0 aliphatic carbocycles. The minimum Gasteiger partial charge on any atom is -0.316 e. The lowest BCUT2D eigenvalue weighted by Crippen LogP contribution is -2.66. The van der Waals surface area contributed by atoms with Crippen LogP contribution in [0.3, 0.4) is 0 Å². The Balaban J connectivity index is 5.68. The highest BCUT2D eigenvalue weighted by Gasteiger charge is 2.86. The first kappa shape index (κ1) is 19.9. The van der Waals surface area contributed by atoms with Crippen LogP contribution in [-0.4, -0.2) is 36.5 Å². The summed E-state index contributed by atoms with van der Waals surface area (Å²) in [5.41, 5.74) is 0. The number of hydrogen-bond donors (Lipinski definition) is 0. The van der Waals surface area contributed by atoms with Crippen LogP contribution in [0, 0.1) is 0 Å². The molecule has 0 aliphatic rings. The molecule has 0 radical (unpaired) electrons. The van der Waals surface area contributed by atoms with Gasteiger partial charge in [0.25, 0.3) is 0 Å². The predicted octanol–water partition coefficient (Wildman–Crippen LogP) is 4.85. The zero-order valence-electron chi connectivity index (χ0n) is 8.86. The molecule has 0 spiro atoms. The summed E-state index contributed by atoms with van der Waals surface area (Å²) in [7, 11) is 0. The molecule has 0 amide bonds. The zero-order chi connectivity index (χ0) is 16.6. The molecule has 0 fully saturated rings. The smallest absolute Gasteiger partial charge is 0.316 e. The molecule has 122 valence electrons. The number of halogens is 12. The molecule has 0 rings (SSSR count). The van der Waals surface area contributed by atoms with Crippen LogP contribution in [0.15, 0.2) is 0 Å². The molecule has 1 nitrogen and oxygen atoms in total. The summed E-state index contributed by atoms with van der Waals surface area (Å²) in [6.45, 7) is -1.27. The molecular weight excluding hydrogens is 436 g/mol. The summed E-state index contributed by atoms with van der Waals surface area (Å²) in [5, 5.41) is 0. The van der Waals surface area contributed by atoms with E-state index < -0.39 is 42.9 Å². The van der Waals surface area contributed by atoms with Crippen LogP contribution < -0.4 is 0 Å². The Hall–Kier alpha value is -0.0800. The van der Waals surface area contributed by atoms with Gasteiger partial charge in [-0.15, -0.1) is 0 Å². The van der Waals surface area contributed by atoms with Crippen molar-refractivity contribution in [1.82, 2.24) is 0 Å². The van der Waals surface area contributed by atoms with Gasteiger partial charge < -0.3 is 3.07 Å². The topological polar surface area (TPSA) is 9.23 Å². The average Bonchev–Trinajstić information content (AvgIpc) is 2.24. The quantitative estimate of drug-likeness (QED) is 0.424. The Labute approximate surface area is 118 Å². The number of rotatable bonds is 6. The van der Waals surface area contributed by atoms with Gasteiger partial charge in [-0.3, -0.25) is 0 Å². The molecule has 0 aromatic carbocycles. The minimum atomic E-state index is -7.34. The molecule has 0 saturated carbocycles. The Bertz CT molecular complexity index is 336. The molecular formula is C7H4F11IO. The Kier molecular flexibility index (Phi) is 5.58. The first-order chi connectivity index (χ1) is 8.56. The lowest BCUT2D eigenvalue weighted by molar-refractivity contribution is -0.422. The summed E-state index contributed by atoms with van der Waals surface area (Å²) in [5.74, 6) is -27.4. The lowest BCUT2D eigenvalue weighted by Gasteiger charge is -2.37. The van der Waals surface area contributed by atoms with Crippen molar-refractivity contribution in [2.45, 2.75) is 36.3 Å². The van der Waals surface area contributed by atoms with Crippen molar-refractivity contribution in [1.29, 1.82) is 0 Å². The van der Waals surface area contributed by atoms with E-state index in [0.29, 0.717) is 0 Å². The monoisotopic (exact) mass is 440 g/mol. The van der Waals surface area contributed by atoms with Gasteiger partial charge in [-0.1, -0.05) is 0 Å². The van der Waals surface area contributed by atoms with Gasteiger partial charge in [-0.05, 0) is 0 Å². The summed E-state index contributed by atoms with van der Waals surface area (Å²) < 4.78 is 140. The fraction of sp³-hybridized carbons (Fsp3) is 1.00. The maximum absolute atomic E-state index is 12.8. The fourth-order valence-corrected chi connectivity index (χ4v) is 1.15.